The third-order valence-corrected chi connectivity index (χ3v) is 3.47. The number of hydrogen-bond acceptors (Lipinski definition) is 4. The molecule has 1 aromatic carbocycles. The third-order valence-electron chi connectivity index (χ3n) is 3.47. The van der Waals surface area contributed by atoms with Gasteiger partial charge in [-0.3, -0.25) is 14.3 Å². The van der Waals surface area contributed by atoms with Crippen LogP contribution < -0.4 is 16.0 Å². The Morgan fingerprint density at radius 2 is 1.87 bits per heavy atom. The molecule has 122 valence electrons. The molecule has 2 amide bonds. The van der Waals surface area contributed by atoms with Gasteiger partial charge in [-0.1, -0.05) is 0 Å². The van der Waals surface area contributed by atoms with Crippen molar-refractivity contribution in [2.24, 2.45) is 5.73 Å². The van der Waals surface area contributed by atoms with Gasteiger partial charge in [-0.2, -0.15) is 5.10 Å². The lowest BCUT2D eigenvalue weighted by molar-refractivity contribution is -0.118. The molecule has 7 heteroatoms. The first-order valence-electron chi connectivity index (χ1n) is 7.50. The summed E-state index contributed by atoms with van der Waals surface area (Å²) in [4.78, 5) is 25.2. The predicted octanol–water partition coefficient (Wildman–Crippen LogP) is 1.47. The van der Waals surface area contributed by atoms with Crippen LogP contribution in [0.2, 0.25) is 0 Å². The molecule has 0 aliphatic rings. The number of aromatic nitrogens is 2. The van der Waals surface area contributed by atoms with Gasteiger partial charge in [-0.15, -0.1) is 0 Å². The Bertz CT molecular complexity index is 674. The van der Waals surface area contributed by atoms with Crippen molar-refractivity contribution in [2.75, 3.05) is 23.3 Å². The molecule has 1 heterocycles. The molecule has 0 unspecified atom stereocenters. The fourth-order valence-electron chi connectivity index (χ4n) is 2.29. The number of nitrogens with zero attached hydrogens (tertiary/aromatic N) is 3. The minimum Gasteiger partial charge on any atom is -0.372 e. The lowest BCUT2D eigenvalue weighted by atomic mass is 10.2. The van der Waals surface area contributed by atoms with E-state index in [1.54, 1.807) is 18.3 Å². The Morgan fingerprint density at radius 1 is 1.22 bits per heavy atom. The molecule has 0 atom stereocenters. The van der Waals surface area contributed by atoms with Crippen LogP contribution in [0.1, 0.15) is 24.2 Å². The summed E-state index contributed by atoms with van der Waals surface area (Å²) in [5.41, 5.74) is 7.26. The first-order valence-corrected chi connectivity index (χ1v) is 7.50. The van der Waals surface area contributed by atoms with Gasteiger partial charge in [0.15, 0.2) is 0 Å². The van der Waals surface area contributed by atoms with Gasteiger partial charge in [0.1, 0.15) is 6.54 Å². The van der Waals surface area contributed by atoms with Crippen LogP contribution in [0.5, 0.6) is 0 Å². The number of anilines is 2. The Hall–Kier alpha value is -2.83. The molecule has 7 nitrogen and oxygen atoms in total. The summed E-state index contributed by atoms with van der Waals surface area (Å²) in [6, 6.07) is 7.44. The van der Waals surface area contributed by atoms with Gasteiger partial charge in [-0.05, 0) is 38.1 Å². The van der Waals surface area contributed by atoms with Crippen molar-refractivity contribution < 1.29 is 9.59 Å². The Labute approximate surface area is 135 Å². The standard InChI is InChI=1S/C16H21N5O2/c1-3-20(4-2)14-7-5-12(6-8-14)16(23)19-13-9-18-21(10-13)11-15(17)22/h5-10H,3-4,11H2,1-2H3,(H2,17,22)(H,19,23). The summed E-state index contributed by atoms with van der Waals surface area (Å²) in [5.74, 6) is -0.715. The van der Waals surface area contributed by atoms with Gasteiger partial charge in [0.2, 0.25) is 5.91 Å². The fourth-order valence-corrected chi connectivity index (χ4v) is 2.29. The largest absolute Gasteiger partial charge is 0.372 e. The van der Waals surface area contributed by atoms with Crippen molar-refractivity contribution in [1.82, 2.24) is 9.78 Å². The average molecular weight is 315 g/mol. The van der Waals surface area contributed by atoms with Crippen LogP contribution >= 0.6 is 0 Å². The fraction of sp³-hybridized carbons (Fsp3) is 0.312. The van der Waals surface area contributed by atoms with Crippen LogP contribution in [-0.2, 0) is 11.3 Å². The maximum atomic E-state index is 12.2. The number of benzene rings is 1. The van der Waals surface area contributed by atoms with Gasteiger partial charge in [0.05, 0.1) is 11.9 Å². The second kappa shape index (κ2) is 7.44. The first-order chi connectivity index (χ1) is 11.0. The molecule has 0 radical (unpaired) electrons. The average Bonchev–Trinajstić information content (AvgIpc) is 2.95. The van der Waals surface area contributed by atoms with E-state index >= 15 is 0 Å². The van der Waals surface area contributed by atoms with Crippen LogP contribution in [-0.4, -0.2) is 34.7 Å². The molecule has 0 aliphatic heterocycles. The molecular weight excluding hydrogens is 294 g/mol. The molecule has 23 heavy (non-hydrogen) atoms. The minimum atomic E-state index is -0.488. The zero-order chi connectivity index (χ0) is 16.8. The molecule has 0 saturated carbocycles. The first kappa shape index (κ1) is 16.5. The molecular formula is C16H21N5O2. The van der Waals surface area contributed by atoms with E-state index in [2.05, 4.69) is 29.2 Å². The maximum Gasteiger partial charge on any atom is 0.255 e. The minimum absolute atomic E-state index is 0.0194. The highest BCUT2D eigenvalue weighted by Gasteiger charge is 2.09. The SMILES string of the molecule is CCN(CC)c1ccc(C(=O)Nc2cnn(CC(N)=O)c2)cc1. The van der Waals surface area contributed by atoms with Crippen molar-refractivity contribution in [3.8, 4) is 0 Å². The Kier molecular flexibility index (Phi) is 5.35. The summed E-state index contributed by atoms with van der Waals surface area (Å²) >= 11 is 0. The molecule has 0 spiro atoms. The van der Waals surface area contributed by atoms with Crippen LogP contribution in [0.4, 0.5) is 11.4 Å². The number of amides is 2. The van der Waals surface area contributed by atoms with Gasteiger partial charge in [0.25, 0.3) is 5.91 Å². The quantitative estimate of drug-likeness (QED) is 0.809. The summed E-state index contributed by atoms with van der Waals surface area (Å²) in [6.45, 7) is 6.00. The van der Waals surface area contributed by atoms with Crippen molar-refractivity contribution in [1.29, 1.82) is 0 Å². The van der Waals surface area contributed by atoms with E-state index < -0.39 is 5.91 Å². The number of carbonyl (C=O) groups is 2. The number of nitrogens with one attached hydrogen (secondary N) is 1. The van der Waals surface area contributed by atoms with E-state index in [-0.39, 0.29) is 12.5 Å². The van der Waals surface area contributed by atoms with E-state index in [0.717, 1.165) is 18.8 Å². The zero-order valence-corrected chi connectivity index (χ0v) is 13.3. The van der Waals surface area contributed by atoms with Gasteiger partial charge in [0, 0.05) is 30.5 Å². The highest BCUT2D eigenvalue weighted by Crippen LogP contribution is 2.16. The van der Waals surface area contributed by atoms with Crippen molar-refractivity contribution >= 4 is 23.2 Å². The second-order valence-electron chi connectivity index (χ2n) is 5.07. The molecule has 2 rings (SSSR count). The highest BCUT2D eigenvalue weighted by atomic mass is 16.2. The van der Waals surface area contributed by atoms with E-state index in [1.165, 1.54) is 10.9 Å². The van der Waals surface area contributed by atoms with Gasteiger partial charge in [-0.25, -0.2) is 0 Å². The summed E-state index contributed by atoms with van der Waals surface area (Å²) in [6.07, 6.45) is 3.04. The summed E-state index contributed by atoms with van der Waals surface area (Å²) < 4.78 is 1.38. The molecule has 1 aromatic heterocycles. The number of rotatable bonds is 7. The number of nitrogens with two attached hydrogens (primary N) is 1. The summed E-state index contributed by atoms with van der Waals surface area (Å²) in [5, 5.41) is 6.70. The van der Waals surface area contributed by atoms with E-state index in [9.17, 15) is 9.59 Å². The molecule has 0 aliphatic carbocycles. The van der Waals surface area contributed by atoms with E-state index in [1.807, 2.05) is 12.1 Å². The smallest absolute Gasteiger partial charge is 0.255 e. The van der Waals surface area contributed by atoms with Crippen molar-refractivity contribution in [3.63, 3.8) is 0 Å². The number of hydrogen-bond donors (Lipinski definition) is 2. The molecule has 0 fully saturated rings. The van der Waals surface area contributed by atoms with Crippen LogP contribution in [0.25, 0.3) is 0 Å². The monoisotopic (exact) mass is 315 g/mol. The predicted molar refractivity (Wildman–Crippen MR) is 89.4 cm³/mol. The third kappa shape index (κ3) is 4.32. The number of carbonyl (C=O) groups excluding carboxylic acids is 2. The Balaban J connectivity index is 2.03. The van der Waals surface area contributed by atoms with E-state index in [4.69, 9.17) is 5.73 Å². The normalized spacial score (nSPS) is 10.3. The van der Waals surface area contributed by atoms with Crippen LogP contribution in [0.3, 0.4) is 0 Å². The zero-order valence-electron chi connectivity index (χ0n) is 13.3. The molecule has 2 aromatic rings. The maximum absolute atomic E-state index is 12.2. The molecule has 3 N–H and O–H groups in total. The number of primary amides is 1. The van der Waals surface area contributed by atoms with Crippen LogP contribution in [0.15, 0.2) is 36.7 Å². The topological polar surface area (TPSA) is 93.2 Å². The second-order valence-corrected chi connectivity index (χ2v) is 5.07. The van der Waals surface area contributed by atoms with Crippen molar-refractivity contribution in [2.45, 2.75) is 20.4 Å². The highest BCUT2D eigenvalue weighted by molar-refractivity contribution is 6.04. The molecule has 0 bridgehead atoms. The van der Waals surface area contributed by atoms with E-state index in [0.29, 0.717) is 11.3 Å². The van der Waals surface area contributed by atoms with Crippen LogP contribution in [0, 0.1) is 0 Å². The lowest BCUT2D eigenvalue weighted by Crippen LogP contribution is -2.21. The molecule has 0 saturated heterocycles. The lowest BCUT2D eigenvalue weighted by Gasteiger charge is -2.21. The summed E-state index contributed by atoms with van der Waals surface area (Å²) in [7, 11) is 0. The van der Waals surface area contributed by atoms with Gasteiger partial charge >= 0.3 is 0 Å². The van der Waals surface area contributed by atoms with Gasteiger partial charge < -0.3 is 16.0 Å². The Morgan fingerprint density at radius 3 is 2.43 bits per heavy atom. The van der Waals surface area contributed by atoms with Crippen molar-refractivity contribution in [3.05, 3.63) is 42.2 Å².